The van der Waals surface area contributed by atoms with Crippen LogP contribution in [0.4, 0.5) is 0 Å². The summed E-state index contributed by atoms with van der Waals surface area (Å²) in [6, 6.07) is 5.09. The van der Waals surface area contributed by atoms with Crippen molar-refractivity contribution in [2.75, 3.05) is 6.61 Å². The van der Waals surface area contributed by atoms with Gasteiger partial charge in [-0.2, -0.15) is 0 Å². The number of benzene rings is 1. The van der Waals surface area contributed by atoms with E-state index in [9.17, 15) is 9.59 Å². The number of hydrogen-bond acceptors (Lipinski definition) is 3. The van der Waals surface area contributed by atoms with E-state index in [0.29, 0.717) is 21.5 Å². The van der Waals surface area contributed by atoms with Crippen LogP contribution in [0.5, 0.6) is 0 Å². The molecule has 1 aromatic rings. The van der Waals surface area contributed by atoms with Gasteiger partial charge in [-0.3, -0.25) is 9.59 Å². The maximum Gasteiger partial charge on any atom is 0.310 e. The molecule has 6 heteroatoms. The summed E-state index contributed by atoms with van der Waals surface area (Å²) >= 11 is 11.8. The lowest BCUT2D eigenvalue weighted by molar-refractivity contribution is -0.148. The number of rotatable bonds is 5. The van der Waals surface area contributed by atoms with Crippen molar-refractivity contribution in [2.24, 2.45) is 5.92 Å². The fourth-order valence-electron chi connectivity index (χ4n) is 2.80. The van der Waals surface area contributed by atoms with E-state index in [4.69, 9.17) is 27.9 Å². The van der Waals surface area contributed by atoms with Gasteiger partial charge < -0.3 is 10.1 Å². The van der Waals surface area contributed by atoms with Crippen LogP contribution in [0.2, 0.25) is 10.0 Å². The summed E-state index contributed by atoms with van der Waals surface area (Å²) in [6.45, 7) is 1.88. The molecule has 0 heterocycles. The number of carbonyl (C=O) groups excluding carboxylic acids is 2. The van der Waals surface area contributed by atoms with Crippen LogP contribution in [0.3, 0.4) is 0 Å². The molecule has 0 aliphatic heterocycles. The van der Waals surface area contributed by atoms with Crippen molar-refractivity contribution in [1.29, 1.82) is 0 Å². The summed E-state index contributed by atoms with van der Waals surface area (Å²) in [4.78, 5) is 23.7. The molecule has 1 fully saturated rings. The van der Waals surface area contributed by atoms with Gasteiger partial charge in [0, 0.05) is 16.1 Å². The maximum atomic E-state index is 11.9. The van der Waals surface area contributed by atoms with Crippen molar-refractivity contribution >= 4 is 35.1 Å². The molecule has 23 heavy (non-hydrogen) atoms. The van der Waals surface area contributed by atoms with E-state index in [1.807, 2.05) is 0 Å². The summed E-state index contributed by atoms with van der Waals surface area (Å²) < 4.78 is 5.03. The molecule has 126 valence electrons. The van der Waals surface area contributed by atoms with Gasteiger partial charge in [-0.1, -0.05) is 49.0 Å². The Labute approximate surface area is 146 Å². The molecule has 1 amide bonds. The van der Waals surface area contributed by atoms with Crippen molar-refractivity contribution in [3.63, 3.8) is 0 Å². The van der Waals surface area contributed by atoms with Crippen molar-refractivity contribution in [3.8, 4) is 0 Å². The SMILES string of the molecule is C[C@H]1CCCC[C@@H]1NC(=O)COC(=O)Cc1ccc(Cl)cc1Cl. The Morgan fingerprint density at radius 1 is 1.26 bits per heavy atom. The lowest BCUT2D eigenvalue weighted by Crippen LogP contribution is -2.42. The Bertz CT molecular complexity index is 577. The molecular formula is C17H21Cl2NO3. The second kappa shape index (κ2) is 8.55. The summed E-state index contributed by atoms with van der Waals surface area (Å²) in [5.41, 5.74) is 0.627. The minimum absolute atomic E-state index is 0.0170. The molecule has 1 aliphatic carbocycles. The molecule has 0 unspecified atom stereocenters. The number of nitrogens with one attached hydrogen (secondary N) is 1. The maximum absolute atomic E-state index is 11.9. The zero-order chi connectivity index (χ0) is 16.8. The molecule has 1 saturated carbocycles. The molecule has 0 spiro atoms. The highest BCUT2D eigenvalue weighted by Crippen LogP contribution is 2.24. The van der Waals surface area contributed by atoms with Gasteiger partial charge in [0.15, 0.2) is 6.61 Å². The number of esters is 1. The normalized spacial score (nSPS) is 20.8. The minimum Gasteiger partial charge on any atom is -0.455 e. The molecule has 2 rings (SSSR count). The van der Waals surface area contributed by atoms with Crippen LogP contribution < -0.4 is 5.32 Å². The molecule has 0 bridgehead atoms. The first-order valence-corrected chi connectivity index (χ1v) is 8.60. The molecule has 2 atom stereocenters. The van der Waals surface area contributed by atoms with Crippen molar-refractivity contribution in [2.45, 2.75) is 45.1 Å². The van der Waals surface area contributed by atoms with E-state index in [1.54, 1.807) is 18.2 Å². The third-order valence-electron chi connectivity index (χ3n) is 4.17. The van der Waals surface area contributed by atoms with Crippen LogP contribution in [0.15, 0.2) is 18.2 Å². The van der Waals surface area contributed by atoms with E-state index in [0.717, 1.165) is 19.3 Å². The van der Waals surface area contributed by atoms with Crippen LogP contribution >= 0.6 is 23.2 Å². The van der Waals surface area contributed by atoms with E-state index in [1.165, 1.54) is 6.42 Å². The van der Waals surface area contributed by atoms with Crippen molar-refractivity contribution < 1.29 is 14.3 Å². The van der Waals surface area contributed by atoms with Gasteiger partial charge in [0.2, 0.25) is 0 Å². The lowest BCUT2D eigenvalue weighted by atomic mass is 9.86. The minimum atomic E-state index is -0.485. The monoisotopic (exact) mass is 357 g/mol. The Kier molecular flexibility index (Phi) is 6.72. The zero-order valence-corrected chi connectivity index (χ0v) is 14.6. The van der Waals surface area contributed by atoms with Crippen molar-refractivity contribution in [3.05, 3.63) is 33.8 Å². The van der Waals surface area contributed by atoms with Gasteiger partial charge in [-0.05, 0) is 36.5 Å². The molecule has 1 N–H and O–H groups in total. The fourth-order valence-corrected chi connectivity index (χ4v) is 3.27. The Balaban J connectivity index is 1.76. The summed E-state index contributed by atoms with van der Waals surface area (Å²) in [5.74, 6) is -0.267. The molecular weight excluding hydrogens is 337 g/mol. The third kappa shape index (κ3) is 5.70. The topological polar surface area (TPSA) is 55.4 Å². The van der Waals surface area contributed by atoms with Crippen LogP contribution in [0.25, 0.3) is 0 Å². The van der Waals surface area contributed by atoms with Gasteiger partial charge >= 0.3 is 5.97 Å². The van der Waals surface area contributed by atoms with E-state index in [2.05, 4.69) is 12.2 Å². The largest absolute Gasteiger partial charge is 0.455 e. The van der Waals surface area contributed by atoms with E-state index in [-0.39, 0.29) is 25.0 Å². The standard InChI is InChI=1S/C17H21Cl2NO3/c1-11-4-2-3-5-15(11)20-16(21)10-23-17(22)8-12-6-7-13(18)9-14(12)19/h6-7,9,11,15H,2-5,8,10H2,1H3,(H,20,21)/t11-,15-/m0/s1. The lowest BCUT2D eigenvalue weighted by Gasteiger charge is -2.29. The first-order valence-electron chi connectivity index (χ1n) is 7.84. The van der Waals surface area contributed by atoms with Crippen LogP contribution in [0, 0.1) is 5.92 Å². The van der Waals surface area contributed by atoms with Gasteiger partial charge in [0.25, 0.3) is 5.91 Å². The Hall–Kier alpha value is -1.26. The van der Waals surface area contributed by atoms with Gasteiger partial charge in [-0.15, -0.1) is 0 Å². The number of amides is 1. The highest BCUT2D eigenvalue weighted by molar-refractivity contribution is 6.35. The Morgan fingerprint density at radius 3 is 2.70 bits per heavy atom. The third-order valence-corrected chi connectivity index (χ3v) is 4.76. The Morgan fingerprint density at radius 2 is 2.00 bits per heavy atom. The number of carbonyl (C=O) groups is 2. The number of halogens is 2. The van der Waals surface area contributed by atoms with Gasteiger partial charge in [-0.25, -0.2) is 0 Å². The molecule has 4 nitrogen and oxygen atoms in total. The van der Waals surface area contributed by atoms with E-state index < -0.39 is 5.97 Å². The summed E-state index contributed by atoms with van der Waals surface area (Å²) in [5, 5.41) is 3.87. The second-order valence-electron chi connectivity index (χ2n) is 6.01. The van der Waals surface area contributed by atoms with Crippen LogP contribution in [0.1, 0.15) is 38.2 Å². The second-order valence-corrected chi connectivity index (χ2v) is 6.85. The van der Waals surface area contributed by atoms with Crippen LogP contribution in [-0.2, 0) is 20.7 Å². The summed E-state index contributed by atoms with van der Waals surface area (Å²) in [7, 11) is 0. The quantitative estimate of drug-likeness (QED) is 0.815. The highest BCUT2D eigenvalue weighted by atomic mass is 35.5. The molecule has 0 aromatic heterocycles. The average molecular weight is 358 g/mol. The van der Waals surface area contributed by atoms with Crippen LogP contribution in [-0.4, -0.2) is 24.5 Å². The average Bonchev–Trinajstić information content (AvgIpc) is 2.50. The number of hydrogen-bond donors (Lipinski definition) is 1. The zero-order valence-electron chi connectivity index (χ0n) is 13.1. The predicted molar refractivity (Wildman–Crippen MR) is 90.7 cm³/mol. The first-order chi connectivity index (χ1) is 11.0. The fraction of sp³-hybridized carbons (Fsp3) is 0.529. The molecule has 1 aromatic carbocycles. The first kappa shape index (κ1) is 18.1. The van der Waals surface area contributed by atoms with E-state index >= 15 is 0 Å². The molecule has 1 aliphatic rings. The van der Waals surface area contributed by atoms with Crippen molar-refractivity contribution in [1.82, 2.24) is 5.32 Å². The predicted octanol–water partition coefficient (Wildman–Crippen LogP) is 3.77. The highest BCUT2D eigenvalue weighted by Gasteiger charge is 2.23. The molecule has 0 saturated heterocycles. The summed E-state index contributed by atoms with van der Waals surface area (Å²) in [6.07, 6.45) is 4.47. The van der Waals surface area contributed by atoms with Gasteiger partial charge in [0.1, 0.15) is 0 Å². The smallest absolute Gasteiger partial charge is 0.310 e. The molecule has 0 radical (unpaired) electrons. The van der Waals surface area contributed by atoms with Gasteiger partial charge in [0.05, 0.1) is 6.42 Å². The number of ether oxygens (including phenoxy) is 1.